The first-order chi connectivity index (χ1) is 23.4. The maximum Gasteiger partial charge on any atom is -0.0386 e. The lowest BCUT2D eigenvalue weighted by atomic mass is 9.68. The summed E-state index contributed by atoms with van der Waals surface area (Å²) in [6, 6.07) is 0. The molecule has 282 valence electrons. The third-order valence-corrected chi connectivity index (χ3v) is 16.2. The molecular formula is C48H90. The van der Waals surface area contributed by atoms with E-state index in [1.807, 2.05) is 0 Å². The molecular weight excluding hydrogens is 577 g/mol. The summed E-state index contributed by atoms with van der Waals surface area (Å²) in [6.45, 7) is 14.3. The van der Waals surface area contributed by atoms with Gasteiger partial charge in [0.05, 0.1) is 0 Å². The molecule has 0 bridgehead atoms. The van der Waals surface area contributed by atoms with Gasteiger partial charge >= 0.3 is 0 Å². The van der Waals surface area contributed by atoms with Crippen LogP contribution in [0.1, 0.15) is 234 Å². The number of rotatable bonds is 9. The molecule has 0 N–H and O–H groups in total. The van der Waals surface area contributed by atoms with E-state index in [2.05, 4.69) is 41.5 Å². The summed E-state index contributed by atoms with van der Waals surface area (Å²) in [5.41, 5.74) is 0. The summed E-state index contributed by atoms with van der Waals surface area (Å²) in [5.74, 6) is 13.0. The Labute approximate surface area is 304 Å². The van der Waals surface area contributed by atoms with Crippen LogP contribution in [0.15, 0.2) is 0 Å². The van der Waals surface area contributed by atoms with Gasteiger partial charge in [0, 0.05) is 0 Å². The third kappa shape index (κ3) is 13.9. The minimum Gasteiger partial charge on any atom is -0.0654 e. The molecule has 0 heterocycles. The Balaban J connectivity index is 0.000000163. The van der Waals surface area contributed by atoms with E-state index in [0.717, 1.165) is 71.0 Å². The van der Waals surface area contributed by atoms with Gasteiger partial charge in [-0.05, 0) is 148 Å². The van der Waals surface area contributed by atoms with E-state index in [0.29, 0.717) is 0 Å². The second kappa shape index (κ2) is 22.8. The lowest BCUT2D eigenvalue weighted by molar-refractivity contribution is 0.142. The summed E-state index contributed by atoms with van der Waals surface area (Å²) in [7, 11) is 0. The molecule has 0 aromatic carbocycles. The van der Waals surface area contributed by atoms with Gasteiger partial charge in [0.25, 0.3) is 0 Å². The summed E-state index contributed by atoms with van der Waals surface area (Å²) < 4.78 is 0. The van der Waals surface area contributed by atoms with Crippen molar-refractivity contribution in [2.45, 2.75) is 234 Å². The molecule has 0 radical (unpaired) electrons. The molecule has 0 amide bonds. The second-order valence-corrected chi connectivity index (χ2v) is 19.6. The van der Waals surface area contributed by atoms with Gasteiger partial charge in [-0.25, -0.2) is 0 Å². The maximum absolute atomic E-state index is 2.44. The monoisotopic (exact) mass is 667 g/mol. The molecule has 0 aliphatic heterocycles. The minimum absolute atomic E-state index is 1.02. The standard InChI is InChI=1S/C17H32.C16H30.C15H28/c1-3-5-15-8-12-17(13-9-15)16-10-6-14(4-2)7-11-16;1-3-4-14-7-11-16(12-8-14)15-9-5-13(2)6-10-15;1-3-13-6-10-15(11-7-13)14-8-4-12(2)5-9-14/h14-17H,3-13H2,1-2H3;13-16H,3-12H2,1-2H3;12-15H,3-11H2,1-2H3. The number of hydrogen-bond acceptors (Lipinski definition) is 0. The SMILES string of the molecule is CCC1CCC(C2CCC(C)CC2)CC1.CCCC1CCC(C2CCC(C)CC2)CC1.CCCC1CCC(C2CCC(CC)CC2)CC1. The quantitative estimate of drug-likeness (QED) is 0.230. The van der Waals surface area contributed by atoms with Crippen molar-refractivity contribution in [3.8, 4) is 0 Å². The normalized spacial score (nSPS) is 40.9. The van der Waals surface area contributed by atoms with E-state index in [1.165, 1.54) is 89.9 Å². The molecule has 0 aromatic heterocycles. The molecule has 0 saturated heterocycles. The third-order valence-electron chi connectivity index (χ3n) is 16.2. The molecule has 0 heteroatoms. The Morgan fingerprint density at radius 2 is 0.479 bits per heavy atom. The Morgan fingerprint density at radius 1 is 0.271 bits per heavy atom. The van der Waals surface area contributed by atoms with Crippen molar-refractivity contribution < 1.29 is 0 Å². The predicted molar refractivity (Wildman–Crippen MR) is 214 cm³/mol. The van der Waals surface area contributed by atoms with Crippen LogP contribution in [-0.2, 0) is 0 Å². The summed E-state index contributed by atoms with van der Waals surface area (Å²) in [4.78, 5) is 0. The first-order valence-electron chi connectivity index (χ1n) is 23.4. The fourth-order valence-corrected chi connectivity index (χ4v) is 12.4. The van der Waals surface area contributed by atoms with Gasteiger partial charge in [-0.1, -0.05) is 157 Å². The zero-order valence-corrected chi connectivity index (χ0v) is 34.1. The highest BCUT2D eigenvalue weighted by atomic mass is 14.4. The van der Waals surface area contributed by atoms with Crippen molar-refractivity contribution in [2.75, 3.05) is 0 Å². The van der Waals surface area contributed by atoms with E-state index in [9.17, 15) is 0 Å². The van der Waals surface area contributed by atoms with Gasteiger partial charge in [-0.2, -0.15) is 0 Å². The Morgan fingerprint density at radius 3 is 0.688 bits per heavy atom. The van der Waals surface area contributed by atoms with Crippen LogP contribution in [0, 0.1) is 71.0 Å². The van der Waals surface area contributed by atoms with Gasteiger partial charge in [-0.15, -0.1) is 0 Å². The van der Waals surface area contributed by atoms with Crippen molar-refractivity contribution >= 4 is 0 Å². The first-order valence-corrected chi connectivity index (χ1v) is 23.4. The van der Waals surface area contributed by atoms with Crippen molar-refractivity contribution in [3.05, 3.63) is 0 Å². The maximum atomic E-state index is 2.44. The van der Waals surface area contributed by atoms with E-state index in [1.54, 1.807) is 103 Å². The average Bonchev–Trinajstić information content (AvgIpc) is 3.14. The highest BCUT2D eigenvalue weighted by Crippen LogP contribution is 2.44. The molecule has 6 aliphatic rings. The molecule has 6 saturated carbocycles. The van der Waals surface area contributed by atoms with E-state index >= 15 is 0 Å². The van der Waals surface area contributed by atoms with E-state index in [-0.39, 0.29) is 0 Å². The molecule has 0 nitrogen and oxygen atoms in total. The van der Waals surface area contributed by atoms with Gasteiger partial charge in [0.15, 0.2) is 0 Å². The largest absolute Gasteiger partial charge is 0.0654 e. The van der Waals surface area contributed by atoms with Crippen LogP contribution in [0.2, 0.25) is 0 Å². The van der Waals surface area contributed by atoms with Crippen LogP contribution in [-0.4, -0.2) is 0 Å². The predicted octanol–water partition coefficient (Wildman–Crippen LogP) is 16.3. The molecule has 48 heavy (non-hydrogen) atoms. The minimum atomic E-state index is 1.02. The average molecular weight is 667 g/mol. The van der Waals surface area contributed by atoms with Crippen LogP contribution in [0.5, 0.6) is 0 Å². The summed E-state index contributed by atoms with van der Waals surface area (Å²) in [5, 5.41) is 0. The molecule has 0 atom stereocenters. The fraction of sp³-hybridized carbons (Fsp3) is 1.00. The molecule has 0 spiro atoms. The molecule has 0 aromatic rings. The molecule has 0 unspecified atom stereocenters. The highest BCUT2D eigenvalue weighted by Gasteiger charge is 2.32. The van der Waals surface area contributed by atoms with Crippen molar-refractivity contribution in [2.24, 2.45) is 71.0 Å². The van der Waals surface area contributed by atoms with Gasteiger partial charge in [0.1, 0.15) is 0 Å². The van der Waals surface area contributed by atoms with Gasteiger partial charge in [-0.3, -0.25) is 0 Å². The van der Waals surface area contributed by atoms with Crippen LogP contribution >= 0.6 is 0 Å². The molecule has 6 rings (SSSR count). The van der Waals surface area contributed by atoms with Gasteiger partial charge in [0.2, 0.25) is 0 Å². The zero-order valence-electron chi connectivity index (χ0n) is 34.1. The lowest BCUT2D eigenvalue weighted by Crippen LogP contribution is -2.25. The Bertz CT molecular complexity index is 750. The van der Waals surface area contributed by atoms with E-state index < -0.39 is 0 Å². The lowest BCUT2D eigenvalue weighted by Gasteiger charge is -2.37. The smallest absolute Gasteiger partial charge is 0.0386 e. The number of hydrogen-bond donors (Lipinski definition) is 0. The zero-order chi connectivity index (χ0) is 34.1. The molecule has 6 aliphatic carbocycles. The van der Waals surface area contributed by atoms with Crippen LogP contribution in [0.25, 0.3) is 0 Å². The Hall–Kier alpha value is 0. The highest BCUT2D eigenvalue weighted by molar-refractivity contribution is 4.83. The molecule has 6 fully saturated rings. The first kappa shape index (κ1) is 40.8. The fourth-order valence-electron chi connectivity index (χ4n) is 12.4. The van der Waals surface area contributed by atoms with Gasteiger partial charge < -0.3 is 0 Å². The van der Waals surface area contributed by atoms with Crippen LogP contribution in [0.4, 0.5) is 0 Å². The van der Waals surface area contributed by atoms with Crippen LogP contribution in [0.3, 0.4) is 0 Å². The second-order valence-electron chi connectivity index (χ2n) is 19.6. The van der Waals surface area contributed by atoms with Crippen molar-refractivity contribution in [1.82, 2.24) is 0 Å². The van der Waals surface area contributed by atoms with Crippen molar-refractivity contribution in [1.29, 1.82) is 0 Å². The summed E-state index contributed by atoms with van der Waals surface area (Å²) in [6.07, 6.45) is 45.7. The Kier molecular flexibility index (Phi) is 19.4. The topological polar surface area (TPSA) is 0 Å². The van der Waals surface area contributed by atoms with Crippen molar-refractivity contribution in [3.63, 3.8) is 0 Å². The summed E-state index contributed by atoms with van der Waals surface area (Å²) >= 11 is 0. The van der Waals surface area contributed by atoms with Crippen LogP contribution < -0.4 is 0 Å². The van der Waals surface area contributed by atoms with E-state index in [4.69, 9.17) is 0 Å².